The van der Waals surface area contributed by atoms with Crippen LogP contribution in [0.2, 0.25) is 0 Å². The Labute approximate surface area is 121 Å². The normalized spacial score (nSPS) is 14.2. The van der Waals surface area contributed by atoms with Gasteiger partial charge >= 0.3 is 0 Å². The predicted octanol–water partition coefficient (Wildman–Crippen LogP) is 1.79. The Morgan fingerprint density at radius 3 is 2.50 bits per heavy atom. The molecule has 2 N–H and O–H groups in total. The van der Waals surface area contributed by atoms with Crippen molar-refractivity contribution in [2.45, 2.75) is 39.8 Å². The molecule has 20 heavy (non-hydrogen) atoms. The van der Waals surface area contributed by atoms with Crippen molar-refractivity contribution >= 4 is 5.91 Å². The number of amides is 1. The SMILES string of the molecule is Cc1ccc(C(C)NC(=O)CN(C)C(C)CO)cc1C. The highest BCUT2D eigenvalue weighted by Crippen LogP contribution is 2.16. The van der Waals surface area contributed by atoms with Crippen LogP contribution in [-0.2, 0) is 4.79 Å². The van der Waals surface area contributed by atoms with Crippen molar-refractivity contribution < 1.29 is 9.90 Å². The van der Waals surface area contributed by atoms with E-state index < -0.39 is 0 Å². The number of hydrogen-bond donors (Lipinski definition) is 2. The van der Waals surface area contributed by atoms with Gasteiger partial charge in [-0.15, -0.1) is 0 Å². The van der Waals surface area contributed by atoms with E-state index in [4.69, 9.17) is 5.11 Å². The summed E-state index contributed by atoms with van der Waals surface area (Å²) < 4.78 is 0. The fraction of sp³-hybridized carbons (Fsp3) is 0.562. The Hall–Kier alpha value is -1.39. The first-order valence-corrected chi connectivity index (χ1v) is 7.02. The summed E-state index contributed by atoms with van der Waals surface area (Å²) in [7, 11) is 1.83. The van der Waals surface area contributed by atoms with Gasteiger partial charge in [0.15, 0.2) is 0 Å². The number of hydrogen-bond acceptors (Lipinski definition) is 3. The van der Waals surface area contributed by atoms with Gasteiger partial charge in [0.05, 0.1) is 19.2 Å². The average molecular weight is 278 g/mol. The highest BCUT2D eigenvalue weighted by atomic mass is 16.3. The molecule has 4 nitrogen and oxygen atoms in total. The van der Waals surface area contributed by atoms with Crippen LogP contribution in [0.15, 0.2) is 18.2 Å². The third-order valence-electron chi connectivity index (χ3n) is 3.82. The Balaban J connectivity index is 2.59. The van der Waals surface area contributed by atoms with Gasteiger partial charge in [0.2, 0.25) is 5.91 Å². The summed E-state index contributed by atoms with van der Waals surface area (Å²) in [6.45, 7) is 8.36. The van der Waals surface area contributed by atoms with Crippen LogP contribution in [0.3, 0.4) is 0 Å². The van der Waals surface area contributed by atoms with Crippen LogP contribution in [0, 0.1) is 13.8 Å². The zero-order valence-corrected chi connectivity index (χ0v) is 13.1. The highest BCUT2D eigenvalue weighted by Gasteiger charge is 2.15. The first kappa shape index (κ1) is 16.7. The number of aryl methyl sites for hydroxylation is 2. The van der Waals surface area contributed by atoms with Crippen molar-refractivity contribution in [2.75, 3.05) is 20.2 Å². The maximum absolute atomic E-state index is 12.0. The lowest BCUT2D eigenvalue weighted by atomic mass is 10.0. The van der Waals surface area contributed by atoms with Gasteiger partial charge in [-0.3, -0.25) is 9.69 Å². The summed E-state index contributed by atoms with van der Waals surface area (Å²) in [5, 5.41) is 12.1. The number of benzene rings is 1. The number of aliphatic hydroxyl groups is 1. The maximum atomic E-state index is 12.0. The molecule has 0 radical (unpaired) electrons. The molecular weight excluding hydrogens is 252 g/mol. The second-order valence-corrected chi connectivity index (χ2v) is 5.58. The largest absolute Gasteiger partial charge is 0.395 e. The zero-order valence-electron chi connectivity index (χ0n) is 13.1. The minimum absolute atomic E-state index is 0.0142. The van der Waals surface area contributed by atoms with E-state index in [0.717, 1.165) is 5.56 Å². The minimum atomic E-state index is -0.0291. The summed E-state index contributed by atoms with van der Waals surface area (Å²) in [6, 6.07) is 6.21. The van der Waals surface area contributed by atoms with Crippen molar-refractivity contribution in [3.63, 3.8) is 0 Å². The lowest BCUT2D eigenvalue weighted by Crippen LogP contribution is -2.41. The number of aliphatic hydroxyl groups excluding tert-OH is 1. The van der Waals surface area contributed by atoms with Crippen molar-refractivity contribution in [1.82, 2.24) is 10.2 Å². The fourth-order valence-electron chi connectivity index (χ4n) is 1.93. The molecule has 0 heterocycles. The van der Waals surface area contributed by atoms with Gasteiger partial charge in [-0.2, -0.15) is 0 Å². The summed E-state index contributed by atoms with van der Waals surface area (Å²) >= 11 is 0. The van der Waals surface area contributed by atoms with Crippen LogP contribution in [0.25, 0.3) is 0 Å². The number of nitrogens with zero attached hydrogens (tertiary/aromatic N) is 1. The van der Waals surface area contributed by atoms with Crippen LogP contribution >= 0.6 is 0 Å². The smallest absolute Gasteiger partial charge is 0.234 e. The van der Waals surface area contributed by atoms with Crippen LogP contribution < -0.4 is 5.32 Å². The number of carbonyl (C=O) groups is 1. The fourth-order valence-corrected chi connectivity index (χ4v) is 1.93. The van der Waals surface area contributed by atoms with Crippen molar-refractivity contribution in [3.8, 4) is 0 Å². The predicted molar refractivity (Wildman–Crippen MR) is 81.7 cm³/mol. The monoisotopic (exact) mass is 278 g/mol. The first-order chi connectivity index (χ1) is 9.35. The van der Waals surface area contributed by atoms with Gasteiger partial charge < -0.3 is 10.4 Å². The molecule has 2 unspecified atom stereocenters. The molecule has 0 aromatic heterocycles. The van der Waals surface area contributed by atoms with E-state index in [1.807, 2.05) is 31.9 Å². The molecule has 0 saturated carbocycles. The maximum Gasteiger partial charge on any atom is 0.234 e. The van der Waals surface area contributed by atoms with Crippen molar-refractivity contribution in [1.29, 1.82) is 0 Å². The standard InChI is InChI=1S/C16H26N2O2/c1-11-6-7-15(8-12(11)2)14(4)17-16(20)9-18(5)13(3)10-19/h6-8,13-14,19H,9-10H2,1-5H3,(H,17,20). The third kappa shape index (κ3) is 4.62. The van der Waals surface area contributed by atoms with E-state index >= 15 is 0 Å². The molecule has 0 aliphatic carbocycles. The minimum Gasteiger partial charge on any atom is -0.395 e. The summed E-state index contributed by atoms with van der Waals surface area (Å²) in [5.41, 5.74) is 3.60. The molecule has 0 aliphatic rings. The zero-order chi connectivity index (χ0) is 15.3. The van der Waals surface area contributed by atoms with Crippen LogP contribution in [0.4, 0.5) is 0 Å². The summed E-state index contributed by atoms with van der Waals surface area (Å²) in [5.74, 6) is -0.0291. The number of likely N-dealkylation sites (N-methyl/N-ethyl adjacent to an activating group) is 1. The van der Waals surface area contributed by atoms with Crippen molar-refractivity contribution in [2.24, 2.45) is 0 Å². The highest BCUT2D eigenvalue weighted by molar-refractivity contribution is 5.78. The van der Waals surface area contributed by atoms with Gasteiger partial charge in [0.25, 0.3) is 0 Å². The molecule has 1 rings (SSSR count). The Morgan fingerprint density at radius 2 is 1.95 bits per heavy atom. The van der Waals surface area contributed by atoms with Gasteiger partial charge in [-0.25, -0.2) is 0 Å². The molecular formula is C16H26N2O2. The average Bonchev–Trinajstić information content (AvgIpc) is 2.40. The van der Waals surface area contributed by atoms with E-state index in [9.17, 15) is 4.79 Å². The van der Waals surface area contributed by atoms with E-state index in [2.05, 4.69) is 31.3 Å². The van der Waals surface area contributed by atoms with Crippen molar-refractivity contribution in [3.05, 3.63) is 34.9 Å². The Kier molecular flexibility index (Phi) is 6.17. The van der Waals surface area contributed by atoms with Crippen LogP contribution in [-0.4, -0.2) is 42.2 Å². The van der Waals surface area contributed by atoms with Crippen LogP contribution in [0.5, 0.6) is 0 Å². The van der Waals surface area contributed by atoms with Gasteiger partial charge in [0, 0.05) is 6.04 Å². The lowest BCUT2D eigenvalue weighted by molar-refractivity contribution is -0.123. The molecule has 1 aromatic rings. The Bertz CT molecular complexity index is 460. The molecule has 0 fully saturated rings. The topological polar surface area (TPSA) is 52.6 Å². The van der Waals surface area contributed by atoms with E-state index in [0.29, 0.717) is 0 Å². The number of rotatable bonds is 6. The molecule has 2 atom stereocenters. The second kappa shape index (κ2) is 7.41. The summed E-state index contributed by atoms with van der Waals surface area (Å²) in [6.07, 6.45) is 0. The molecule has 0 spiro atoms. The van der Waals surface area contributed by atoms with E-state index in [1.165, 1.54) is 11.1 Å². The van der Waals surface area contributed by atoms with E-state index in [1.54, 1.807) is 0 Å². The molecule has 112 valence electrons. The number of carbonyl (C=O) groups excluding carboxylic acids is 1. The van der Waals surface area contributed by atoms with Gasteiger partial charge in [0.1, 0.15) is 0 Å². The van der Waals surface area contributed by atoms with Gasteiger partial charge in [-0.1, -0.05) is 18.2 Å². The quantitative estimate of drug-likeness (QED) is 0.834. The number of nitrogens with one attached hydrogen (secondary N) is 1. The second-order valence-electron chi connectivity index (χ2n) is 5.58. The molecule has 0 saturated heterocycles. The van der Waals surface area contributed by atoms with E-state index in [-0.39, 0.29) is 31.1 Å². The molecule has 0 bridgehead atoms. The first-order valence-electron chi connectivity index (χ1n) is 7.02. The third-order valence-corrected chi connectivity index (χ3v) is 3.82. The molecule has 0 aliphatic heterocycles. The molecule has 4 heteroatoms. The molecule has 1 aromatic carbocycles. The Morgan fingerprint density at radius 1 is 1.30 bits per heavy atom. The van der Waals surface area contributed by atoms with Crippen LogP contribution in [0.1, 0.15) is 36.6 Å². The van der Waals surface area contributed by atoms with Gasteiger partial charge in [-0.05, 0) is 51.4 Å². The summed E-state index contributed by atoms with van der Waals surface area (Å²) in [4.78, 5) is 13.8. The molecule has 1 amide bonds. The lowest BCUT2D eigenvalue weighted by Gasteiger charge is -2.23.